The molecule has 5 nitrogen and oxygen atoms in total. The van der Waals surface area contributed by atoms with Crippen LogP contribution in [0, 0.1) is 0 Å². The van der Waals surface area contributed by atoms with Gasteiger partial charge >= 0.3 is 6.03 Å². The van der Waals surface area contributed by atoms with Gasteiger partial charge in [0.15, 0.2) is 0 Å². The SMILES string of the molecule is COC1(CNC(=O)NC2CCC2)CCNCC1. The van der Waals surface area contributed by atoms with E-state index in [1.54, 1.807) is 7.11 Å². The van der Waals surface area contributed by atoms with Crippen molar-refractivity contribution < 1.29 is 9.53 Å². The van der Waals surface area contributed by atoms with Crippen LogP contribution in [-0.2, 0) is 4.74 Å². The highest BCUT2D eigenvalue weighted by molar-refractivity contribution is 5.74. The molecule has 0 atom stereocenters. The van der Waals surface area contributed by atoms with Gasteiger partial charge in [0.05, 0.1) is 5.60 Å². The van der Waals surface area contributed by atoms with Crippen LogP contribution in [0.25, 0.3) is 0 Å². The van der Waals surface area contributed by atoms with Gasteiger partial charge in [0, 0.05) is 19.7 Å². The van der Waals surface area contributed by atoms with Crippen molar-refractivity contribution in [3.63, 3.8) is 0 Å². The fraction of sp³-hybridized carbons (Fsp3) is 0.917. The van der Waals surface area contributed by atoms with E-state index in [4.69, 9.17) is 4.74 Å². The number of methoxy groups -OCH3 is 1. The van der Waals surface area contributed by atoms with Gasteiger partial charge in [0.2, 0.25) is 0 Å². The number of carbonyl (C=O) groups is 1. The van der Waals surface area contributed by atoms with Crippen LogP contribution in [0.1, 0.15) is 32.1 Å². The van der Waals surface area contributed by atoms with Crippen molar-refractivity contribution in [1.82, 2.24) is 16.0 Å². The minimum Gasteiger partial charge on any atom is -0.376 e. The molecule has 1 saturated heterocycles. The summed E-state index contributed by atoms with van der Waals surface area (Å²) < 4.78 is 5.59. The van der Waals surface area contributed by atoms with E-state index in [1.807, 2.05) is 0 Å². The zero-order chi connectivity index (χ0) is 12.1. The summed E-state index contributed by atoms with van der Waals surface area (Å²) in [5, 5.41) is 9.22. The first-order chi connectivity index (χ1) is 8.24. The summed E-state index contributed by atoms with van der Waals surface area (Å²) in [6, 6.07) is 0.339. The highest BCUT2D eigenvalue weighted by atomic mass is 16.5. The van der Waals surface area contributed by atoms with Crippen LogP contribution in [0.5, 0.6) is 0 Å². The molecule has 3 N–H and O–H groups in total. The molecule has 0 aromatic rings. The van der Waals surface area contributed by atoms with E-state index in [0.717, 1.165) is 38.8 Å². The fourth-order valence-corrected chi connectivity index (χ4v) is 2.37. The molecule has 2 rings (SSSR count). The van der Waals surface area contributed by atoms with Crippen LogP contribution in [0.15, 0.2) is 0 Å². The summed E-state index contributed by atoms with van der Waals surface area (Å²) in [6.45, 7) is 2.52. The number of piperidine rings is 1. The molecular weight excluding hydrogens is 218 g/mol. The molecule has 0 aromatic heterocycles. The van der Waals surface area contributed by atoms with E-state index in [9.17, 15) is 4.79 Å². The average molecular weight is 241 g/mol. The molecule has 0 radical (unpaired) electrons. The Hall–Kier alpha value is -0.810. The van der Waals surface area contributed by atoms with Crippen LogP contribution < -0.4 is 16.0 Å². The molecule has 1 aliphatic carbocycles. The highest BCUT2D eigenvalue weighted by Crippen LogP contribution is 2.21. The Morgan fingerprint density at radius 1 is 1.41 bits per heavy atom. The van der Waals surface area contributed by atoms with Crippen molar-refractivity contribution in [1.29, 1.82) is 0 Å². The molecule has 2 aliphatic rings. The van der Waals surface area contributed by atoms with E-state index in [1.165, 1.54) is 6.42 Å². The smallest absolute Gasteiger partial charge is 0.315 e. The molecule has 0 bridgehead atoms. The molecule has 2 amide bonds. The zero-order valence-corrected chi connectivity index (χ0v) is 10.6. The Kier molecular flexibility index (Phi) is 4.23. The van der Waals surface area contributed by atoms with E-state index in [2.05, 4.69) is 16.0 Å². The first-order valence-corrected chi connectivity index (χ1v) is 6.54. The Morgan fingerprint density at radius 3 is 2.65 bits per heavy atom. The van der Waals surface area contributed by atoms with Crippen molar-refractivity contribution in [2.24, 2.45) is 0 Å². The Bertz CT molecular complexity index is 260. The Morgan fingerprint density at radius 2 is 2.12 bits per heavy atom. The van der Waals surface area contributed by atoms with Crippen LogP contribution in [0.2, 0.25) is 0 Å². The molecule has 1 saturated carbocycles. The summed E-state index contributed by atoms with van der Waals surface area (Å²) in [5.41, 5.74) is -0.178. The number of nitrogens with one attached hydrogen (secondary N) is 3. The standard InChI is InChI=1S/C12H23N3O2/c1-17-12(5-7-13-8-6-12)9-14-11(16)15-10-3-2-4-10/h10,13H,2-9H2,1H3,(H2,14,15,16). The molecule has 1 aliphatic heterocycles. The first kappa shape index (κ1) is 12.6. The Balaban J connectivity index is 1.72. The predicted molar refractivity (Wildman–Crippen MR) is 66.0 cm³/mol. The lowest BCUT2D eigenvalue weighted by molar-refractivity contribution is -0.0304. The Labute approximate surface area is 103 Å². The van der Waals surface area contributed by atoms with Crippen molar-refractivity contribution in [2.75, 3.05) is 26.7 Å². The maximum atomic E-state index is 11.7. The van der Waals surface area contributed by atoms with Gasteiger partial charge in [0.25, 0.3) is 0 Å². The second-order valence-electron chi connectivity index (χ2n) is 5.09. The van der Waals surface area contributed by atoms with Crippen LogP contribution in [-0.4, -0.2) is 44.4 Å². The number of rotatable bonds is 4. The minimum absolute atomic E-state index is 0.0512. The van der Waals surface area contributed by atoms with Crippen molar-refractivity contribution >= 4 is 6.03 Å². The summed E-state index contributed by atoms with van der Waals surface area (Å²) in [4.78, 5) is 11.7. The minimum atomic E-state index is -0.178. The molecule has 0 spiro atoms. The maximum Gasteiger partial charge on any atom is 0.315 e. The number of hydrogen-bond donors (Lipinski definition) is 3. The lowest BCUT2D eigenvalue weighted by Crippen LogP contribution is -2.54. The predicted octanol–water partition coefficient (Wildman–Crippen LogP) is 0.607. The van der Waals surface area contributed by atoms with Crippen molar-refractivity contribution in [3.05, 3.63) is 0 Å². The third kappa shape index (κ3) is 3.33. The summed E-state index contributed by atoms with van der Waals surface area (Å²) in [7, 11) is 1.73. The summed E-state index contributed by atoms with van der Waals surface area (Å²) >= 11 is 0. The van der Waals surface area contributed by atoms with Gasteiger partial charge in [-0.2, -0.15) is 0 Å². The molecule has 2 fully saturated rings. The quantitative estimate of drug-likeness (QED) is 0.675. The summed E-state index contributed by atoms with van der Waals surface area (Å²) in [6.07, 6.45) is 5.37. The molecule has 98 valence electrons. The van der Waals surface area contributed by atoms with E-state index in [-0.39, 0.29) is 11.6 Å². The highest BCUT2D eigenvalue weighted by Gasteiger charge is 2.32. The molecule has 0 aromatic carbocycles. The third-order valence-corrected chi connectivity index (χ3v) is 3.96. The third-order valence-electron chi connectivity index (χ3n) is 3.96. The van der Waals surface area contributed by atoms with Crippen molar-refractivity contribution in [2.45, 2.75) is 43.7 Å². The second kappa shape index (κ2) is 5.69. The van der Waals surface area contributed by atoms with Crippen LogP contribution in [0.3, 0.4) is 0 Å². The van der Waals surface area contributed by atoms with Crippen LogP contribution >= 0.6 is 0 Å². The van der Waals surface area contributed by atoms with E-state index < -0.39 is 0 Å². The van der Waals surface area contributed by atoms with Crippen molar-refractivity contribution in [3.8, 4) is 0 Å². The molecular formula is C12H23N3O2. The van der Waals surface area contributed by atoms with Gasteiger partial charge in [0.1, 0.15) is 0 Å². The number of ether oxygens (including phenoxy) is 1. The van der Waals surface area contributed by atoms with Crippen LogP contribution in [0.4, 0.5) is 4.79 Å². The second-order valence-corrected chi connectivity index (χ2v) is 5.09. The van der Waals surface area contributed by atoms with Gasteiger partial charge in [-0.1, -0.05) is 0 Å². The van der Waals surface area contributed by atoms with Gasteiger partial charge in [-0.25, -0.2) is 4.79 Å². The topological polar surface area (TPSA) is 62.4 Å². The normalized spacial score (nSPS) is 23.8. The van der Waals surface area contributed by atoms with Gasteiger partial charge in [-0.15, -0.1) is 0 Å². The number of hydrogen-bond acceptors (Lipinski definition) is 3. The van der Waals surface area contributed by atoms with Gasteiger partial charge in [-0.3, -0.25) is 0 Å². The molecule has 0 unspecified atom stereocenters. The lowest BCUT2D eigenvalue weighted by atomic mass is 9.92. The molecule has 17 heavy (non-hydrogen) atoms. The number of amides is 2. The first-order valence-electron chi connectivity index (χ1n) is 6.54. The fourth-order valence-electron chi connectivity index (χ4n) is 2.37. The lowest BCUT2D eigenvalue weighted by Gasteiger charge is -2.36. The van der Waals surface area contributed by atoms with E-state index >= 15 is 0 Å². The van der Waals surface area contributed by atoms with Gasteiger partial charge < -0.3 is 20.7 Å². The largest absolute Gasteiger partial charge is 0.376 e. The average Bonchev–Trinajstić information content (AvgIpc) is 2.32. The molecule has 1 heterocycles. The van der Waals surface area contributed by atoms with E-state index in [0.29, 0.717) is 12.6 Å². The number of urea groups is 1. The number of carbonyl (C=O) groups excluding carboxylic acids is 1. The monoisotopic (exact) mass is 241 g/mol. The van der Waals surface area contributed by atoms with Gasteiger partial charge in [-0.05, 0) is 45.2 Å². The molecule has 5 heteroatoms. The zero-order valence-electron chi connectivity index (χ0n) is 10.6. The maximum absolute atomic E-state index is 11.7. The summed E-state index contributed by atoms with van der Waals surface area (Å²) in [5.74, 6) is 0.